The van der Waals surface area contributed by atoms with Crippen LogP contribution in [-0.4, -0.2) is 47.4 Å². The van der Waals surface area contributed by atoms with Gasteiger partial charge in [0.05, 0.1) is 25.4 Å². The Morgan fingerprint density at radius 1 is 0.325 bits per heavy atom. The van der Waals surface area contributed by atoms with Crippen molar-refractivity contribution in [3.8, 4) is 0 Å². The molecule has 0 saturated carbocycles. The molecule has 0 spiro atoms. The number of ether oxygens (including phenoxy) is 1. The van der Waals surface area contributed by atoms with Crippen LogP contribution in [0.4, 0.5) is 0 Å². The lowest BCUT2D eigenvalue weighted by Gasteiger charge is -2.20. The van der Waals surface area contributed by atoms with Gasteiger partial charge in [-0.3, -0.25) is 9.59 Å². The lowest BCUT2D eigenvalue weighted by molar-refractivity contribution is -0.143. The number of aliphatic hydroxyl groups is 2. The van der Waals surface area contributed by atoms with E-state index in [9.17, 15) is 19.8 Å². The predicted molar refractivity (Wildman–Crippen MR) is 366 cm³/mol. The van der Waals surface area contributed by atoms with Crippen LogP contribution in [0.15, 0.2) is 36.5 Å². The molecule has 0 aliphatic carbocycles. The highest BCUT2D eigenvalue weighted by molar-refractivity contribution is 5.76. The van der Waals surface area contributed by atoms with Crippen molar-refractivity contribution >= 4 is 11.9 Å². The summed E-state index contributed by atoms with van der Waals surface area (Å²) in [5.41, 5.74) is 0. The van der Waals surface area contributed by atoms with E-state index in [-0.39, 0.29) is 18.5 Å². The first kappa shape index (κ1) is 81.1. The molecule has 0 bridgehead atoms. The first-order chi connectivity index (χ1) is 41.0. The number of nitrogens with one attached hydrogen (secondary N) is 1. The number of rotatable bonds is 71. The zero-order valence-electron chi connectivity index (χ0n) is 56.2. The number of amides is 1. The van der Waals surface area contributed by atoms with E-state index in [0.29, 0.717) is 19.4 Å². The summed E-state index contributed by atoms with van der Waals surface area (Å²) in [6, 6.07) is -0.627. The van der Waals surface area contributed by atoms with Gasteiger partial charge in [-0.2, -0.15) is 0 Å². The Labute approximate surface area is 519 Å². The molecule has 490 valence electrons. The molecule has 0 rings (SSSR count). The van der Waals surface area contributed by atoms with Gasteiger partial charge in [0.1, 0.15) is 0 Å². The molecule has 0 fully saturated rings. The van der Waals surface area contributed by atoms with Gasteiger partial charge in [-0.1, -0.05) is 365 Å². The molecule has 2 unspecified atom stereocenters. The highest BCUT2D eigenvalue weighted by Crippen LogP contribution is 2.19. The van der Waals surface area contributed by atoms with Crippen LogP contribution in [0.25, 0.3) is 0 Å². The van der Waals surface area contributed by atoms with E-state index >= 15 is 0 Å². The summed E-state index contributed by atoms with van der Waals surface area (Å²) in [5.74, 6) is -0.0528. The summed E-state index contributed by atoms with van der Waals surface area (Å²) in [6.07, 6.45) is 94.0. The van der Waals surface area contributed by atoms with Crippen LogP contribution in [0.1, 0.15) is 418 Å². The van der Waals surface area contributed by atoms with Gasteiger partial charge in [0.2, 0.25) is 5.91 Å². The van der Waals surface area contributed by atoms with Crippen LogP contribution in [0, 0.1) is 0 Å². The van der Waals surface area contributed by atoms with Crippen molar-refractivity contribution in [3.05, 3.63) is 36.5 Å². The van der Waals surface area contributed by atoms with E-state index in [4.69, 9.17) is 4.74 Å². The normalized spacial score (nSPS) is 12.7. The molecule has 0 saturated heterocycles. The maximum atomic E-state index is 12.5. The highest BCUT2D eigenvalue weighted by atomic mass is 16.5. The SMILES string of the molecule is CCCC/C=C\CCCCCCCC(=O)OCCCCCCCCCCCCCC/C=C\CCCCCCCCCCCCCCCCCCCC(=O)NC(CO)C(O)/C=C/CCCCCCCCCCCCCCCCCCCCCC. The number of aliphatic hydroxyl groups excluding tert-OH is 2. The van der Waals surface area contributed by atoms with E-state index in [1.165, 1.54) is 347 Å². The third-order valence-electron chi connectivity index (χ3n) is 17.6. The maximum absolute atomic E-state index is 12.5. The molecule has 6 nitrogen and oxygen atoms in total. The van der Waals surface area contributed by atoms with Crippen LogP contribution >= 0.6 is 0 Å². The molecule has 6 heteroatoms. The maximum Gasteiger partial charge on any atom is 0.305 e. The van der Waals surface area contributed by atoms with Crippen molar-refractivity contribution in [2.24, 2.45) is 0 Å². The van der Waals surface area contributed by atoms with Gasteiger partial charge >= 0.3 is 5.97 Å². The smallest absolute Gasteiger partial charge is 0.305 e. The first-order valence-electron chi connectivity index (χ1n) is 37.8. The van der Waals surface area contributed by atoms with Gasteiger partial charge in [0.25, 0.3) is 0 Å². The minimum absolute atomic E-state index is 0.00772. The van der Waals surface area contributed by atoms with Crippen LogP contribution in [-0.2, 0) is 14.3 Å². The quantitative estimate of drug-likeness (QED) is 0.0320. The first-order valence-corrected chi connectivity index (χ1v) is 37.8. The zero-order valence-corrected chi connectivity index (χ0v) is 56.2. The molecule has 0 heterocycles. The summed E-state index contributed by atoms with van der Waals surface area (Å²) in [4.78, 5) is 24.5. The third-order valence-corrected chi connectivity index (χ3v) is 17.6. The number of allylic oxidation sites excluding steroid dienone is 5. The zero-order chi connectivity index (χ0) is 59.9. The summed E-state index contributed by atoms with van der Waals surface area (Å²) in [5, 5.41) is 23.3. The second kappa shape index (κ2) is 72.6. The fourth-order valence-electron chi connectivity index (χ4n) is 11.8. The van der Waals surface area contributed by atoms with E-state index < -0.39 is 12.1 Å². The van der Waals surface area contributed by atoms with Crippen molar-refractivity contribution in [1.82, 2.24) is 5.32 Å². The fraction of sp³-hybridized carbons (Fsp3) is 0.896. The summed E-state index contributed by atoms with van der Waals surface area (Å²) >= 11 is 0. The van der Waals surface area contributed by atoms with E-state index in [2.05, 4.69) is 43.5 Å². The molecule has 0 aromatic carbocycles. The second-order valence-electron chi connectivity index (χ2n) is 26.0. The molecule has 0 radical (unpaired) electrons. The van der Waals surface area contributed by atoms with Crippen molar-refractivity contribution in [2.45, 2.75) is 431 Å². The number of carbonyl (C=O) groups is 2. The van der Waals surface area contributed by atoms with E-state index in [1.807, 2.05) is 6.08 Å². The van der Waals surface area contributed by atoms with E-state index in [0.717, 1.165) is 44.9 Å². The second-order valence-corrected chi connectivity index (χ2v) is 26.0. The average Bonchev–Trinajstić information content (AvgIpc) is 3.49. The van der Waals surface area contributed by atoms with Crippen LogP contribution in [0.3, 0.4) is 0 Å². The molecule has 0 aromatic heterocycles. The Hall–Kier alpha value is -1.92. The summed E-state index contributed by atoms with van der Waals surface area (Å²) < 4.78 is 5.47. The highest BCUT2D eigenvalue weighted by Gasteiger charge is 2.18. The fourth-order valence-corrected chi connectivity index (χ4v) is 11.8. The van der Waals surface area contributed by atoms with Gasteiger partial charge in [-0.15, -0.1) is 0 Å². The lowest BCUT2D eigenvalue weighted by atomic mass is 10.0. The van der Waals surface area contributed by atoms with Crippen LogP contribution in [0.5, 0.6) is 0 Å². The van der Waals surface area contributed by atoms with Crippen molar-refractivity contribution < 1.29 is 24.5 Å². The molecule has 2 atom stereocenters. The minimum atomic E-state index is -0.844. The monoisotopic (exact) mass is 1170 g/mol. The molecule has 3 N–H and O–H groups in total. The van der Waals surface area contributed by atoms with E-state index in [1.54, 1.807) is 6.08 Å². The molecular weight excluding hydrogens is 1020 g/mol. The summed E-state index contributed by atoms with van der Waals surface area (Å²) in [7, 11) is 0. The Morgan fingerprint density at radius 2 is 0.578 bits per heavy atom. The third kappa shape index (κ3) is 69.1. The largest absolute Gasteiger partial charge is 0.466 e. The lowest BCUT2D eigenvalue weighted by Crippen LogP contribution is -2.45. The molecule has 0 aliphatic rings. The predicted octanol–water partition coefficient (Wildman–Crippen LogP) is 24.7. The van der Waals surface area contributed by atoms with Gasteiger partial charge in [-0.25, -0.2) is 0 Å². The number of hydrogen-bond acceptors (Lipinski definition) is 5. The average molecular weight is 1170 g/mol. The van der Waals surface area contributed by atoms with Crippen molar-refractivity contribution in [2.75, 3.05) is 13.2 Å². The van der Waals surface area contributed by atoms with Gasteiger partial charge in [0.15, 0.2) is 0 Å². The van der Waals surface area contributed by atoms with Crippen molar-refractivity contribution in [3.63, 3.8) is 0 Å². The Bertz CT molecular complexity index is 1340. The molecular formula is C77H147NO5. The van der Waals surface area contributed by atoms with Crippen LogP contribution < -0.4 is 5.32 Å². The van der Waals surface area contributed by atoms with Gasteiger partial charge in [0, 0.05) is 12.8 Å². The van der Waals surface area contributed by atoms with Gasteiger partial charge in [-0.05, 0) is 77.0 Å². The van der Waals surface area contributed by atoms with Crippen LogP contribution in [0.2, 0.25) is 0 Å². The number of unbranched alkanes of at least 4 members (excludes halogenated alkanes) is 56. The molecule has 0 aromatic rings. The number of carbonyl (C=O) groups excluding carboxylic acids is 2. The Kier molecular flexibility index (Phi) is 70.9. The minimum Gasteiger partial charge on any atom is -0.466 e. The standard InChI is InChI=1S/C77H147NO5/c1-3-5-7-9-11-13-15-16-17-18-19-20-34-37-40-43-46-50-53-57-61-65-69-75(80)74(73-79)78-76(81)70-66-62-58-54-51-47-44-41-38-35-32-30-28-26-24-22-21-23-25-27-29-31-33-36-39-42-45-48-52-56-60-64-68-72-83-77(82)71-67-63-59-55-49-14-12-10-8-6-4-2/h10,12,25,27,65,69,74-75,79-80H,3-9,11,13-24,26,28-64,66-68,70-73H2,1-2H3,(H,78,81)/b12-10-,27-25-,69-65+. The molecule has 1 amide bonds. The van der Waals surface area contributed by atoms with Crippen molar-refractivity contribution in [1.29, 1.82) is 0 Å². The Balaban J connectivity index is 3.38. The molecule has 0 aliphatic heterocycles. The molecule has 83 heavy (non-hydrogen) atoms. The number of esters is 1. The number of hydrogen-bond donors (Lipinski definition) is 3. The topological polar surface area (TPSA) is 95.9 Å². The van der Waals surface area contributed by atoms with Gasteiger partial charge < -0.3 is 20.3 Å². The summed E-state index contributed by atoms with van der Waals surface area (Å²) in [6.45, 7) is 4.91. The Morgan fingerprint density at radius 3 is 0.892 bits per heavy atom.